The van der Waals surface area contributed by atoms with Crippen LogP contribution in [0.4, 0.5) is 5.69 Å². The minimum absolute atomic E-state index is 0.247. The Hall–Kier alpha value is -3.46. The summed E-state index contributed by atoms with van der Waals surface area (Å²) in [5.41, 5.74) is 3.82. The number of H-pyrrole nitrogens is 1. The molecule has 1 atom stereocenters. The number of aromatic amines is 1. The fraction of sp³-hybridized carbons (Fsp3) is 0.259. The van der Waals surface area contributed by atoms with Gasteiger partial charge in [-0.1, -0.05) is 36.4 Å². The molecule has 2 aromatic heterocycles. The first-order valence-corrected chi connectivity index (χ1v) is 12.6. The molecule has 0 spiro atoms. The van der Waals surface area contributed by atoms with Crippen LogP contribution < -0.4 is 10.6 Å². The molecule has 0 saturated carbocycles. The lowest BCUT2D eigenvalue weighted by Crippen LogP contribution is -2.45. The van der Waals surface area contributed by atoms with Crippen molar-refractivity contribution in [3.05, 3.63) is 88.2 Å². The molecule has 0 radical (unpaired) electrons. The quantitative estimate of drug-likeness (QED) is 0.349. The summed E-state index contributed by atoms with van der Waals surface area (Å²) >= 11 is 1.35. The molecule has 3 N–H and O–H groups in total. The van der Waals surface area contributed by atoms with E-state index in [1.54, 1.807) is 6.07 Å². The number of ether oxygens (including phenoxy) is 1. The van der Waals surface area contributed by atoms with Crippen molar-refractivity contribution in [3.63, 3.8) is 0 Å². The Morgan fingerprint density at radius 3 is 2.74 bits per heavy atom. The van der Waals surface area contributed by atoms with Gasteiger partial charge in [0.15, 0.2) is 0 Å². The van der Waals surface area contributed by atoms with E-state index in [4.69, 9.17) is 4.74 Å². The minimum atomic E-state index is -0.730. The number of benzene rings is 2. The van der Waals surface area contributed by atoms with Gasteiger partial charge >= 0.3 is 0 Å². The number of nitrogens with zero attached hydrogens (tertiary/aromatic N) is 1. The standard InChI is InChI=1S/C27H28N4O3S/c32-26(29-21-6-3-5-19(15-21)18-31-10-12-34-13-11-31)24(30-27(33)25-9-4-14-35-25)16-20-17-28-23-8-2-1-7-22(20)23/h1-9,14-15,17,24,28H,10-13,16,18H2,(H,29,32)(H,30,33). The zero-order valence-corrected chi connectivity index (χ0v) is 20.1. The normalized spacial score (nSPS) is 15.1. The first-order valence-electron chi connectivity index (χ1n) is 11.7. The van der Waals surface area contributed by atoms with Crippen LogP contribution in [0, 0.1) is 0 Å². The lowest BCUT2D eigenvalue weighted by molar-refractivity contribution is -0.118. The number of nitrogens with one attached hydrogen (secondary N) is 3. The predicted molar refractivity (Wildman–Crippen MR) is 139 cm³/mol. The van der Waals surface area contributed by atoms with E-state index < -0.39 is 6.04 Å². The Kier molecular flexibility index (Phi) is 7.23. The Bertz CT molecular complexity index is 1290. The van der Waals surface area contributed by atoms with Gasteiger partial charge in [-0.25, -0.2) is 0 Å². The number of para-hydroxylation sites is 1. The zero-order chi connectivity index (χ0) is 24.0. The van der Waals surface area contributed by atoms with Gasteiger partial charge in [0.05, 0.1) is 18.1 Å². The van der Waals surface area contributed by atoms with Crippen molar-refractivity contribution in [2.45, 2.75) is 19.0 Å². The number of hydrogen-bond acceptors (Lipinski definition) is 5. The summed E-state index contributed by atoms with van der Waals surface area (Å²) in [4.78, 5) is 32.4. The number of fused-ring (bicyclic) bond motifs is 1. The highest BCUT2D eigenvalue weighted by molar-refractivity contribution is 7.12. The molecule has 4 aromatic rings. The van der Waals surface area contributed by atoms with Crippen LogP contribution in [-0.2, 0) is 22.5 Å². The molecule has 180 valence electrons. The monoisotopic (exact) mass is 488 g/mol. The van der Waals surface area contributed by atoms with Crippen molar-refractivity contribution < 1.29 is 14.3 Å². The topological polar surface area (TPSA) is 86.5 Å². The van der Waals surface area contributed by atoms with Crippen LogP contribution in [-0.4, -0.2) is 54.0 Å². The van der Waals surface area contributed by atoms with Crippen molar-refractivity contribution in [1.29, 1.82) is 0 Å². The van der Waals surface area contributed by atoms with Gasteiger partial charge < -0.3 is 20.4 Å². The molecule has 1 fully saturated rings. The summed E-state index contributed by atoms with van der Waals surface area (Å²) in [6, 6.07) is 18.7. The molecule has 3 heterocycles. The van der Waals surface area contributed by atoms with Crippen LogP contribution in [0.2, 0.25) is 0 Å². The molecule has 0 aliphatic carbocycles. The average molecular weight is 489 g/mol. The largest absolute Gasteiger partial charge is 0.379 e. The smallest absolute Gasteiger partial charge is 0.262 e. The van der Waals surface area contributed by atoms with E-state index in [0.29, 0.717) is 11.3 Å². The van der Waals surface area contributed by atoms with Gasteiger partial charge in [0.1, 0.15) is 6.04 Å². The van der Waals surface area contributed by atoms with Gasteiger partial charge in [-0.2, -0.15) is 0 Å². The summed E-state index contributed by atoms with van der Waals surface area (Å²) < 4.78 is 5.43. The summed E-state index contributed by atoms with van der Waals surface area (Å²) in [7, 11) is 0. The van der Waals surface area contributed by atoms with Crippen LogP contribution >= 0.6 is 11.3 Å². The highest BCUT2D eigenvalue weighted by Gasteiger charge is 2.24. The van der Waals surface area contributed by atoms with Crippen LogP contribution in [0.25, 0.3) is 10.9 Å². The average Bonchev–Trinajstić information content (AvgIpc) is 3.55. The van der Waals surface area contributed by atoms with E-state index in [1.807, 2.05) is 60.1 Å². The minimum Gasteiger partial charge on any atom is -0.379 e. The fourth-order valence-electron chi connectivity index (χ4n) is 4.36. The van der Waals surface area contributed by atoms with Gasteiger partial charge in [-0.15, -0.1) is 11.3 Å². The zero-order valence-electron chi connectivity index (χ0n) is 19.3. The third-order valence-electron chi connectivity index (χ3n) is 6.17. The van der Waals surface area contributed by atoms with Gasteiger partial charge in [0, 0.05) is 48.8 Å². The first-order chi connectivity index (χ1) is 17.2. The van der Waals surface area contributed by atoms with Crippen molar-refractivity contribution in [2.75, 3.05) is 31.6 Å². The second-order valence-corrected chi connectivity index (χ2v) is 9.59. The SMILES string of the molecule is O=C(NC(Cc1c[nH]c2ccccc12)C(=O)Nc1cccc(CN2CCOCC2)c1)c1cccs1. The maximum atomic E-state index is 13.4. The molecule has 8 heteroatoms. The molecular weight excluding hydrogens is 460 g/mol. The molecule has 1 aliphatic heterocycles. The maximum absolute atomic E-state index is 13.4. The molecule has 0 bridgehead atoms. The molecule has 1 saturated heterocycles. The Labute approximate surface area is 208 Å². The second kappa shape index (κ2) is 10.9. The van der Waals surface area contributed by atoms with Crippen LogP contribution in [0.3, 0.4) is 0 Å². The molecule has 2 amide bonds. The number of anilines is 1. The van der Waals surface area contributed by atoms with Gasteiger partial charge in [-0.05, 0) is 40.8 Å². The summed E-state index contributed by atoms with van der Waals surface area (Å²) in [5.74, 6) is -0.496. The molecule has 5 rings (SSSR count). The summed E-state index contributed by atoms with van der Waals surface area (Å²) in [5, 5.41) is 8.87. The van der Waals surface area contributed by atoms with Crippen molar-refractivity contribution >= 4 is 39.7 Å². The molecule has 35 heavy (non-hydrogen) atoms. The number of carbonyl (C=O) groups is 2. The first kappa shape index (κ1) is 23.3. The Morgan fingerprint density at radius 2 is 1.91 bits per heavy atom. The molecule has 1 unspecified atom stereocenters. The highest BCUT2D eigenvalue weighted by Crippen LogP contribution is 2.21. The molecule has 1 aliphatic rings. The lowest BCUT2D eigenvalue weighted by atomic mass is 10.0. The third kappa shape index (κ3) is 5.79. The number of thiophene rings is 1. The van der Waals surface area contributed by atoms with Gasteiger partial charge in [0.2, 0.25) is 5.91 Å². The number of rotatable bonds is 8. The van der Waals surface area contributed by atoms with Crippen molar-refractivity contribution in [2.24, 2.45) is 0 Å². The predicted octanol–water partition coefficient (Wildman–Crippen LogP) is 4.04. The number of morpholine rings is 1. The summed E-state index contributed by atoms with van der Waals surface area (Å²) in [6.07, 6.45) is 2.28. The number of carbonyl (C=O) groups excluding carboxylic acids is 2. The number of hydrogen-bond donors (Lipinski definition) is 3. The fourth-order valence-corrected chi connectivity index (χ4v) is 4.99. The number of amides is 2. The van der Waals surface area contributed by atoms with Crippen LogP contribution in [0.15, 0.2) is 72.2 Å². The highest BCUT2D eigenvalue weighted by atomic mass is 32.1. The molecule has 7 nitrogen and oxygen atoms in total. The molecule has 2 aromatic carbocycles. The van der Waals surface area contributed by atoms with E-state index in [-0.39, 0.29) is 11.8 Å². The van der Waals surface area contributed by atoms with Crippen molar-refractivity contribution in [1.82, 2.24) is 15.2 Å². The number of aromatic nitrogens is 1. The Morgan fingerprint density at radius 1 is 1.06 bits per heavy atom. The second-order valence-electron chi connectivity index (χ2n) is 8.65. The third-order valence-corrected chi connectivity index (χ3v) is 7.04. The van der Waals surface area contributed by atoms with E-state index in [1.165, 1.54) is 11.3 Å². The van der Waals surface area contributed by atoms with Crippen LogP contribution in [0.5, 0.6) is 0 Å². The van der Waals surface area contributed by atoms with Crippen molar-refractivity contribution in [3.8, 4) is 0 Å². The van der Waals surface area contributed by atoms with Gasteiger partial charge in [0.25, 0.3) is 5.91 Å². The lowest BCUT2D eigenvalue weighted by Gasteiger charge is -2.26. The van der Waals surface area contributed by atoms with Gasteiger partial charge in [-0.3, -0.25) is 14.5 Å². The van der Waals surface area contributed by atoms with Crippen LogP contribution in [0.1, 0.15) is 20.8 Å². The van der Waals surface area contributed by atoms with E-state index in [2.05, 4.69) is 26.6 Å². The maximum Gasteiger partial charge on any atom is 0.262 e. The van der Waals surface area contributed by atoms with E-state index in [9.17, 15) is 9.59 Å². The summed E-state index contributed by atoms with van der Waals surface area (Å²) in [6.45, 7) is 4.10. The molecular formula is C27H28N4O3S. The Balaban J connectivity index is 1.33. The van der Waals surface area contributed by atoms with E-state index >= 15 is 0 Å². The van der Waals surface area contributed by atoms with E-state index in [0.717, 1.165) is 60.6 Å².